The van der Waals surface area contributed by atoms with Crippen LogP contribution in [0.3, 0.4) is 0 Å². The molecule has 1 saturated carbocycles. The Bertz CT molecular complexity index is 370. The van der Waals surface area contributed by atoms with Crippen LogP contribution in [0.15, 0.2) is 0 Å². The average molecular weight is 322 g/mol. The van der Waals surface area contributed by atoms with E-state index in [1.165, 1.54) is 0 Å². The van der Waals surface area contributed by atoms with Crippen molar-refractivity contribution in [1.82, 2.24) is 10.2 Å². The van der Waals surface area contributed by atoms with Crippen molar-refractivity contribution in [1.29, 1.82) is 0 Å². The zero-order chi connectivity index (χ0) is 16.2. The Hall–Kier alpha value is -0.820. The van der Waals surface area contributed by atoms with Crippen LogP contribution in [0.2, 0.25) is 0 Å². The van der Waals surface area contributed by atoms with Crippen molar-refractivity contribution in [3.63, 3.8) is 0 Å². The van der Waals surface area contributed by atoms with E-state index in [9.17, 15) is 18.0 Å². The van der Waals surface area contributed by atoms with Crippen molar-refractivity contribution in [2.45, 2.75) is 57.3 Å². The Morgan fingerprint density at radius 3 is 2.59 bits per heavy atom. The molecule has 0 aromatic heterocycles. The first-order valence-corrected chi connectivity index (χ1v) is 8.11. The Morgan fingerprint density at radius 1 is 1.32 bits per heavy atom. The standard InChI is InChI=1S/C15H25F3N2O2/c1-2-13(14(21)20-6-8-22-9-7-20)19-12-5-3-4-11(10-12)15(16,17)18/h11-13,19H,2-10H2,1H3/t11-,12+,13+/m1/s1. The van der Waals surface area contributed by atoms with Gasteiger partial charge in [0.1, 0.15) is 0 Å². The Kier molecular flexibility index (Phi) is 6.09. The number of ether oxygens (including phenoxy) is 1. The molecule has 22 heavy (non-hydrogen) atoms. The number of nitrogens with one attached hydrogen (secondary N) is 1. The summed E-state index contributed by atoms with van der Waals surface area (Å²) >= 11 is 0. The van der Waals surface area contributed by atoms with Gasteiger partial charge in [-0.3, -0.25) is 4.79 Å². The molecule has 1 aliphatic carbocycles. The van der Waals surface area contributed by atoms with Gasteiger partial charge >= 0.3 is 6.18 Å². The first-order valence-electron chi connectivity index (χ1n) is 8.11. The van der Waals surface area contributed by atoms with Crippen LogP contribution in [0.25, 0.3) is 0 Å². The number of carbonyl (C=O) groups is 1. The lowest BCUT2D eigenvalue weighted by molar-refractivity contribution is -0.183. The second-order valence-corrected chi connectivity index (χ2v) is 6.17. The predicted molar refractivity (Wildman–Crippen MR) is 76.4 cm³/mol. The molecule has 1 amide bonds. The number of nitrogens with zero attached hydrogens (tertiary/aromatic N) is 1. The molecule has 0 aromatic carbocycles. The summed E-state index contributed by atoms with van der Waals surface area (Å²) < 4.78 is 43.8. The number of halogens is 3. The third-order valence-corrected chi connectivity index (χ3v) is 4.60. The van der Waals surface area contributed by atoms with E-state index in [0.29, 0.717) is 45.6 Å². The van der Waals surface area contributed by atoms with Gasteiger partial charge in [0.15, 0.2) is 0 Å². The largest absolute Gasteiger partial charge is 0.391 e. The minimum atomic E-state index is -4.13. The van der Waals surface area contributed by atoms with Crippen LogP contribution < -0.4 is 5.32 Å². The lowest BCUT2D eigenvalue weighted by Crippen LogP contribution is -2.53. The Balaban J connectivity index is 1.90. The average Bonchev–Trinajstić information content (AvgIpc) is 2.52. The summed E-state index contributed by atoms with van der Waals surface area (Å²) in [7, 11) is 0. The first kappa shape index (κ1) is 17.5. The fourth-order valence-electron chi connectivity index (χ4n) is 3.29. The number of hydrogen-bond donors (Lipinski definition) is 1. The SMILES string of the molecule is CC[C@H](N[C@H]1CCC[C@@H](C(F)(F)F)C1)C(=O)N1CCOCC1. The highest BCUT2D eigenvalue weighted by Crippen LogP contribution is 2.37. The molecule has 0 aromatic rings. The monoisotopic (exact) mass is 322 g/mol. The number of carbonyl (C=O) groups excluding carboxylic acids is 1. The predicted octanol–water partition coefficient (Wildman–Crippen LogP) is 2.33. The van der Waals surface area contributed by atoms with Crippen LogP contribution in [0, 0.1) is 5.92 Å². The summed E-state index contributed by atoms with van der Waals surface area (Å²) in [6.07, 6.45) is -1.99. The van der Waals surface area contributed by atoms with E-state index in [1.54, 1.807) is 4.90 Å². The van der Waals surface area contributed by atoms with Crippen molar-refractivity contribution < 1.29 is 22.7 Å². The molecule has 0 radical (unpaired) electrons. The molecule has 0 unspecified atom stereocenters. The molecule has 3 atom stereocenters. The number of alkyl halides is 3. The smallest absolute Gasteiger partial charge is 0.378 e. The van der Waals surface area contributed by atoms with Gasteiger partial charge in [0, 0.05) is 19.1 Å². The number of rotatable bonds is 4. The molecule has 0 spiro atoms. The van der Waals surface area contributed by atoms with Gasteiger partial charge in [-0.05, 0) is 25.7 Å². The van der Waals surface area contributed by atoms with Gasteiger partial charge in [0.2, 0.25) is 5.91 Å². The topological polar surface area (TPSA) is 41.6 Å². The maximum Gasteiger partial charge on any atom is 0.391 e. The minimum absolute atomic E-state index is 0.0140. The summed E-state index contributed by atoms with van der Waals surface area (Å²) in [5.74, 6) is -1.25. The molecule has 4 nitrogen and oxygen atoms in total. The first-order chi connectivity index (χ1) is 10.4. The molecule has 2 aliphatic rings. The highest BCUT2D eigenvalue weighted by molar-refractivity contribution is 5.82. The normalized spacial score (nSPS) is 28.5. The molecule has 2 fully saturated rings. The van der Waals surface area contributed by atoms with E-state index in [1.807, 2.05) is 6.92 Å². The fraction of sp³-hybridized carbons (Fsp3) is 0.933. The summed E-state index contributed by atoms with van der Waals surface area (Å²) in [6.45, 7) is 4.07. The van der Waals surface area contributed by atoms with Crippen molar-refractivity contribution in [3.8, 4) is 0 Å². The molecule has 0 bridgehead atoms. The van der Waals surface area contributed by atoms with Gasteiger partial charge in [-0.15, -0.1) is 0 Å². The fourth-order valence-corrected chi connectivity index (χ4v) is 3.29. The quantitative estimate of drug-likeness (QED) is 0.864. The Morgan fingerprint density at radius 2 is 2.00 bits per heavy atom. The zero-order valence-corrected chi connectivity index (χ0v) is 13.0. The van der Waals surface area contributed by atoms with Crippen LogP contribution in [0.5, 0.6) is 0 Å². The molecule has 1 aliphatic heterocycles. The third-order valence-electron chi connectivity index (χ3n) is 4.60. The van der Waals surface area contributed by atoms with Crippen LogP contribution in [0.4, 0.5) is 13.2 Å². The highest BCUT2D eigenvalue weighted by Gasteiger charge is 2.42. The Labute approximate surface area is 129 Å². The lowest BCUT2D eigenvalue weighted by atomic mass is 9.85. The second kappa shape index (κ2) is 7.64. The minimum Gasteiger partial charge on any atom is -0.378 e. The van der Waals surface area contributed by atoms with Crippen molar-refractivity contribution >= 4 is 5.91 Å². The highest BCUT2D eigenvalue weighted by atomic mass is 19.4. The van der Waals surface area contributed by atoms with Crippen LogP contribution >= 0.6 is 0 Å². The summed E-state index contributed by atoms with van der Waals surface area (Å²) in [5.41, 5.74) is 0. The van der Waals surface area contributed by atoms with Gasteiger partial charge < -0.3 is 15.0 Å². The lowest BCUT2D eigenvalue weighted by Gasteiger charge is -2.35. The second-order valence-electron chi connectivity index (χ2n) is 6.17. The van der Waals surface area contributed by atoms with Gasteiger partial charge in [0.05, 0.1) is 25.2 Å². The third kappa shape index (κ3) is 4.59. The number of amides is 1. The van der Waals surface area contributed by atoms with Gasteiger partial charge in [-0.1, -0.05) is 13.3 Å². The molecule has 128 valence electrons. The van der Waals surface area contributed by atoms with Gasteiger partial charge in [-0.25, -0.2) is 0 Å². The van der Waals surface area contributed by atoms with Crippen LogP contribution in [0.1, 0.15) is 39.0 Å². The molecular formula is C15H25F3N2O2. The summed E-state index contributed by atoms with van der Waals surface area (Å²) in [6, 6.07) is -0.620. The van der Waals surface area contributed by atoms with Crippen LogP contribution in [-0.2, 0) is 9.53 Å². The number of morpholine rings is 1. The van der Waals surface area contributed by atoms with Crippen molar-refractivity contribution in [2.24, 2.45) is 5.92 Å². The van der Waals surface area contributed by atoms with Gasteiger partial charge in [-0.2, -0.15) is 13.2 Å². The summed E-state index contributed by atoms with van der Waals surface area (Å²) in [4.78, 5) is 14.2. The molecule has 1 saturated heterocycles. The zero-order valence-electron chi connectivity index (χ0n) is 13.0. The van der Waals surface area contributed by atoms with E-state index in [2.05, 4.69) is 5.32 Å². The van der Waals surface area contributed by atoms with Crippen molar-refractivity contribution in [2.75, 3.05) is 26.3 Å². The van der Waals surface area contributed by atoms with E-state index >= 15 is 0 Å². The van der Waals surface area contributed by atoms with E-state index in [4.69, 9.17) is 4.74 Å². The maximum absolute atomic E-state index is 12.9. The van der Waals surface area contributed by atoms with E-state index < -0.39 is 18.1 Å². The maximum atomic E-state index is 12.9. The molecular weight excluding hydrogens is 297 g/mol. The molecule has 1 heterocycles. The van der Waals surface area contributed by atoms with Gasteiger partial charge in [0.25, 0.3) is 0 Å². The van der Waals surface area contributed by atoms with E-state index in [0.717, 1.165) is 0 Å². The van der Waals surface area contributed by atoms with Crippen molar-refractivity contribution in [3.05, 3.63) is 0 Å². The molecule has 7 heteroatoms. The molecule has 1 N–H and O–H groups in total. The number of hydrogen-bond acceptors (Lipinski definition) is 3. The summed E-state index contributed by atoms with van der Waals surface area (Å²) in [5, 5.41) is 3.17. The van der Waals surface area contributed by atoms with E-state index in [-0.39, 0.29) is 24.8 Å². The van der Waals surface area contributed by atoms with Crippen LogP contribution in [-0.4, -0.2) is 55.4 Å². The molecule has 2 rings (SSSR count).